The summed E-state index contributed by atoms with van der Waals surface area (Å²) in [6, 6.07) is 74.7. The van der Waals surface area contributed by atoms with E-state index in [0.717, 1.165) is 21.9 Å². The van der Waals surface area contributed by atoms with Crippen molar-refractivity contribution in [3.05, 3.63) is 206 Å². The molecule has 1 aromatic heterocycles. The van der Waals surface area contributed by atoms with Crippen molar-refractivity contribution in [1.82, 2.24) is 0 Å². The van der Waals surface area contributed by atoms with Gasteiger partial charge in [-0.05, 0) is 101 Å². The summed E-state index contributed by atoms with van der Waals surface area (Å²) in [4.78, 5) is 0. The fourth-order valence-electron chi connectivity index (χ4n) is 8.91. The Kier molecular flexibility index (Phi) is 7.25. The molecule has 0 saturated heterocycles. The molecule has 0 aliphatic rings. The Hall–Kier alpha value is -7.22. The fraction of sp³-hybridized carbons (Fsp3) is 0. The molecule has 11 aromatic rings. The predicted molar refractivity (Wildman–Crippen MR) is 233 cm³/mol. The van der Waals surface area contributed by atoms with Gasteiger partial charge in [0, 0.05) is 16.3 Å². The zero-order chi connectivity index (χ0) is 36.3. The van der Waals surface area contributed by atoms with Gasteiger partial charge in [0.05, 0.1) is 0 Å². The lowest BCUT2D eigenvalue weighted by Crippen LogP contribution is -1.93. The van der Waals surface area contributed by atoms with E-state index in [1.54, 1.807) is 0 Å². The molecule has 0 aliphatic carbocycles. The van der Waals surface area contributed by atoms with E-state index in [2.05, 4.69) is 206 Å². The quantitative estimate of drug-likeness (QED) is 0.163. The SMILES string of the molecule is c1ccc(-c2cccc(-c3ccc4oc5ccccc5c4c3-c3cccc4c(-c5c6ccccc6c(-c6ccccc6)c6ccccc56)cccc34)c2)cc1. The molecular formula is C54H34O. The van der Waals surface area contributed by atoms with E-state index < -0.39 is 0 Å². The highest BCUT2D eigenvalue weighted by atomic mass is 16.3. The summed E-state index contributed by atoms with van der Waals surface area (Å²) in [6.07, 6.45) is 0. The van der Waals surface area contributed by atoms with Crippen LogP contribution in [0, 0.1) is 0 Å². The van der Waals surface area contributed by atoms with Gasteiger partial charge in [-0.2, -0.15) is 0 Å². The Morgan fingerprint density at radius 2 is 0.709 bits per heavy atom. The molecule has 0 radical (unpaired) electrons. The minimum absolute atomic E-state index is 0.890. The minimum Gasteiger partial charge on any atom is -0.456 e. The Bertz CT molecular complexity index is 3190. The van der Waals surface area contributed by atoms with Gasteiger partial charge in [0.2, 0.25) is 0 Å². The molecule has 1 nitrogen and oxygen atoms in total. The maximum Gasteiger partial charge on any atom is 0.136 e. The molecule has 0 bridgehead atoms. The molecule has 0 aliphatic heterocycles. The van der Waals surface area contributed by atoms with Crippen molar-refractivity contribution in [1.29, 1.82) is 0 Å². The fourth-order valence-corrected chi connectivity index (χ4v) is 8.91. The van der Waals surface area contributed by atoms with Crippen molar-refractivity contribution in [2.24, 2.45) is 0 Å². The Morgan fingerprint density at radius 1 is 0.236 bits per heavy atom. The van der Waals surface area contributed by atoms with E-state index in [9.17, 15) is 0 Å². The van der Waals surface area contributed by atoms with Crippen LogP contribution in [0.5, 0.6) is 0 Å². The first-order valence-electron chi connectivity index (χ1n) is 18.9. The molecular weight excluding hydrogens is 665 g/mol. The van der Waals surface area contributed by atoms with Crippen LogP contribution in [0.3, 0.4) is 0 Å². The van der Waals surface area contributed by atoms with Gasteiger partial charge in [-0.15, -0.1) is 0 Å². The summed E-state index contributed by atoms with van der Waals surface area (Å²) < 4.78 is 6.55. The van der Waals surface area contributed by atoms with Crippen LogP contribution in [0.2, 0.25) is 0 Å². The summed E-state index contributed by atoms with van der Waals surface area (Å²) in [6.45, 7) is 0. The third-order valence-electron chi connectivity index (χ3n) is 11.3. The van der Waals surface area contributed by atoms with Crippen LogP contribution in [0.4, 0.5) is 0 Å². The highest BCUT2D eigenvalue weighted by Crippen LogP contribution is 2.49. The third-order valence-corrected chi connectivity index (χ3v) is 11.3. The lowest BCUT2D eigenvalue weighted by molar-refractivity contribution is 0.669. The van der Waals surface area contributed by atoms with Gasteiger partial charge in [0.25, 0.3) is 0 Å². The largest absolute Gasteiger partial charge is 0.456 e. The van der Waals surface area contributed by atoms with E-state index in [1.165, 1.54) is 88.0 Å². The van der Waals surface area contributed by atoms with E-state index >= 15 is 0 Å². The van der Waals surface area contributed by atoms with Gasteiger partial charge in [-0.3, -0.25) is 0 Å². The van der Waals surface area contributed by atoms with Gasteiger partial charge in [-0.1, -0.05) is 188 Å². The second-order valence-electron chi connectivity index (χ2n) is 14.3. The smallest absolute Gasteiger partial charge is 0.136 e. The van der Waals surface area contributed by atoms with Crippen LogP contribution in [0.1, 0.15) is 0 Å². The molecule has 0 unspecified atom stereocenters. The molecule has 11 rings (SSSR count). The standard InChI is InChI=1S/C54H34O/c1-3-16-35(17-4-1)37-20-13-21-38(34-37)39-32-33-50-54(48-26-11-12-31-49(48)55-50)53(39)43-30-15-27-40-41(43)28-14-29-42(40)52-46-24-9-7-22-44(46)51(36-18-5-2-6-19-36)45-23-8-10-25-47(45)52/h1-34H. The average Bonchev–Trinajstić information content (AvgIpc) is 3.64. The Labute approximate surface area is 319 Å². The monoisotopic (exact) mass is 698 g/mol. The number of benzene rings is 10. The van der Waals surface area contributed by atoms with Crippen LogP contribution < -0.4 is 0 Å². The maximum atomic E-state index is 6.55. The summed E-state index contributed by atoms with van der Waals surface area (Å²) in [7, 11) is 0. The van der Waals surface area contributed by atoms with E-state index in [0.29, 0.717) is 0 Å². The molecule has 0 amide bonds. The predicted octanol–water partition coefficient (Wildman–Crippen LogP) is 15.4. The van der Waals surface area contributed by atoms with E-state index in [-0.39, 0.29) is 0 Å². The zero-order valence-electron chi connectivity index (χ0n) is 30.0. The number of rotatable bonds is 5. The Balaban J connectivity index is 1.22. The lowest BCUT2D eigenvalue weighted by Gasteiger charge is -2.20. The molecule has 1 heteroatoms. The third kappa shape index (κ3) is 5.01. The van der Waals surface area contributed by atoms with Gasteiger partial charge in [-0.25, -0.2) is 0 Å². The number of para-hydroxylation sites is 1. The molecule has 1 heterocycles. The first-order valence-corrected chi connectivity index (χ1v) is 18.9. The topological polar surface area (TPSA) is 13.1 Å². The van der Waals surface area contributed by atoms with Crippen molar-refractivity contribution in [2.45, 2.75) is 0 Å². The molecule has 0 atom stereocenters. The van der Waals surface area contributed by atoms with Gasteiger partial charge in [0.15, 0.2) is 0 Å². The maximum absolute atomic E-state index is 6.55. The summed E-state index contributed by atoms with van der Waals surface area (Å²) in [5.41, 5.74) is 13.9. The van der Waals surface area contributed by atoms with E-state index in [4.69, 9.17) is 4.42 Å². The van der Waals surface area contributed by atoms with Crippen LogP contribution in [-0.2, 0) is 0 Å². The molecule has 0 spiro atoms. The number of hydrogen-bond acceptors (Lipinski definition) is 1. The normalized spacial score (nSPS) is 11.6. The van der Waals surface area contributed by atoms with Gasteiger partial charge >= 0.3 is 0 Å². The first kappa shape index (κ1) is 31.3. The van der Waals surface area contributed by atoms with E-state index in [1.807, 2.05) is 0 Å². The average molecular weight is 699 g/mol. The second kappa shape index (κ2) is 12.7. The molecule has 0 N–H and O–H groups in total. The highest BCUT2D eigenvalue weighted by molar-refractivity contribution is 6.25. The molecule has 0 saturated carbocycles. The van der Waals surface area contributed by atoms with Gasteiger partial charge < -0.3 is 4.42 Å². The minimum atomic E-state index is 0.890. The molecule has 0 fully saturated rings. The second-order valence-corrected chi connectivity index (χ2v) is 14.3. The zero-order valence-corrected chi connectivity index (χ0v) is 30.0. The van der Waals surface area contributed by atoms with Crippen LogP contribution in [0.25, 0.3) is 110 Å². The molecule has 55 heavy (non-hydrogen) atoms. The van der Waals surface area contributed by atoms with Gasteiger partial charge in [0.1, 0.15) is 11.2 Å². The van der Waals surface area contributed by atoms with Crippen LogP contribution in [-0.4, -0.2) is 0 Å². The van der Waals surface area contributed by atoms with Crippen molar-refractivity contribution in [2.75, 3.05) is 0 Å². The number of furan rings is 1. The van der Waals surface area contributed by atoms with Crippen molar-refractivity contribution < 1.29 is 4.42 Å². The highest BCUT2D eigenvalue weighted by Gasteiger charge is 2.22. The van der Waals surface area contributed by atoms with Crippen molar-refractivity contribution in [3.63, 3.8) is 0 Å². The first-order chi connectivity index (χ1) is 27.3. The van der Waals surface area contributed by atoms with Crippen molar-refractivity contribution >= 4 is 54.3 Å². The summed E-state index contributed by atoms with van der Waals surface area (Å²) in [5.74, 6) is 0. The van der Waals surface area contributed by atoms with Crippen LogP contribution >= 0.6 is 0 Å². The Morgan fingerprint density at radius 3 is 1.36 bits per heavy atom. The van der Waals surface area contributed by atoms with Crippen LogP contribution in [0.15, 0.2) is 211 Å². The number of hydrogen-bond donors (Lipinski definition) is 0. The molecule has 256 valence electrons. The summed E-state index contributed by atoms with van der Waals surface area (Å²) in [5, 5.41) is 9.69. The molecule has 10 aromatic carbocycles. The number of fused-ring (bicyclic) bond motifs is 6. The summed E-state index contributed by atoms with van der Waals surface area (Å²) >= 11 is 0. The van der Waals surface area contributed by atoms with Crippen molar-refractivity contribution in [3.8, 4) is 55.6 Å². The lowest BCUT2D eigenvalue weighted by atomic mass is 9.83.